The number of carbonyl (C=O) groups excluding carboxylic acids is 1. The predicted octanol–water partition coefficient (Wildman–Crippen LogP) is 5.37. The normalized spacial score (nSPS) is 22.5. The van der Waals surface area contributed by atoms with Gasteiger partial charge >= 0.3 is 5.97 Å². The molecule has 0 spiro atoms. The third-order valence-electron chi connectivity index (χ3n) is 6.66. The van der Waals surface area contributed by atoms with Crippen LogP contribution < -0.4 is 0 Å². The van der Waals surface area contributed by atoms with Crippen LogP contribution in [0.25, 0.3) is 0 Å². The maximum absolute atomic E-state index is 12.2. The maximum atomic E-state index is 12.2. The Morgan fingerprint density at radius 2 is 1.56 bits per heavy atom. The van der Waals surface area contributed by atoms with Crippen LogP contribution >= 0.6 is 0 Å². The molecule has 0 aromatic heterocycles. The Kier molecular flexibility index (Phi) is 9.18. The summed E-state index contributed by atoms with van der Waals surface area (Å²) in [4.78, 5) is 14.7. The zero-order chi connectivity index (χ0) is 25.5. The van der Waals surface area contributed by atoms with Gasteiger partial charge in [-0.15, -0.1) is 0 Å². The Labute approximate surface area is 215 Å². The highest BCUT2D eigenvalue weighted by Crippen LogP contribution is 2.34. The number of hydrogen-bond acceptors (Lipinski definition) is 6. The van der Waals surface area contributed by atoms with Crippen LogP contribution in [0.15, 0.2) is 60.7 Å². The van der Waals surface area contributed by atoms with E-state index in [0.717, 1.165) is 19.5 Å². The first kappa shape index (κ1) is 26.8. The lowest BCUT2D eigenvalue weighted by molar-refractivity contribution is -0.302. The molecule has 2 aromatic carbocycles. The molecule has 0 unspecified atom stereocenters. The average Bonchev–Trinajstić information content (AvgIpc) is 2.81. The highest BCUT2D eigenvalue weighted by Gasteiger charge is 2.38. The van der Waals surface area contributed by atoms with Crippen molar-refractivity contribution in [1.29, 1.82) is 0 Å². The van der Waals surface area contributed by atoms with Gasteiger partial charge in [0.15, 0.2) is 5.79 Å². The average molecular weight is 496 g/mol. The van der Waals surface area contributed by atoms with Gasteiger partial charge in [0, 0.05) is 26.1 Å². The highest BCUT2D eigenvalue weighted by atomic mass is 16.7. The first-order valence-corrected chi connectivity index (χ1v) is 13.3. The van der Waals surface area contributed by atoms with E-state index in [1.165, 1.54) is 11.1 Å². The molecule has 36 heavy (non-hydrogen) atoms. The Balaban J connectivity index is 1.24. The molecule has 0 amide bonds. The second-order valence-corrected chi connectivity index (χ2v) is 10.9. The van der Waals surface area contributed by atoms with Gasteiger partial charge in [-0.2, -0.15) is 0 Å². The van der Waals surface area contributed by atoms with Crippen molar-refractivity contribution >= 4 is 5.97 Å². The van der Waals surface area contributed by atoms with E-state index in [9.17, 15) is 4.79 Å². The van der Waals surface area contributed by atoms with Crippen LogP contribution in [-0.4, -0.2) is 61.3 Å². The van der Waals surface area contributed by atoms with Gasteiger partial charge in [0.1, 0.15) is 0 Å². The second-order valence-electron chi connectivity index (χ2n) is 10.9. The van der Waals surface area contributed by atoms with Crippen molar-refractivity contribution in [2.45, 2.75) is 77.1 Å². The van der Waals surface area contributed by atoms with Crippen LogP contribution in [0, 0.1) is 5.92 Å². The number of likely N-dealkylation sites (tertiary alicyclic amines) is 1. The number of rotatable bonds is 11. The summed E-state index contributed by atoms with van der Waals surface area (Å²) in [6.07, 6.45) is 1.72. The zero-order valence-electron chi connectivity index (χ0n) is 22.1. The quantitative estimate of drug-likeness (QED) is 0.391. The summed E-state index contributed by atoms with van der Waals surface area (Å²) in [5.41, 5.74) is 2.61. The minimum Gasteiger partial charge on any atom is -0.465 e. The van der Waals surface area contributed by atoms with Gasteiger partial charge < -0.3 is 18.9 Å². The molecule has 2 fully saturated rings. The zero-order valence-corrected chi connectivity index (χ0v) is 22.1. The number of hydrogen-bond donors (Lipinski definition) is 0. The van der Waals surface area contributed by atoms with Crippen LogP contribution in [0.2, 0.25) is 0 Å². The van der Waals surface area contributed by atoms with Crippen LogP contribution in [-0.2, 0) is 23.7 Å². The van der Waals surface area contributed by atoms with Gasteiger partial charge in [0.2, 0.25) is 0 Å². The summed E-state index contributed by atoms with van der Waals surface area (Å²) in [6.45, 7) is 10.7. The minimum absolute atomic E-state index is 0.00536. The molecular weight excluding hydrogens is 454 g/mol. The van der Waals surface area contributed by atoms with Crippen LogP contribution in [0.5, 0.6) is 0 Å². The summed E-state index contributed by atoms with van der Waals surface area (Å²) < 4.78 is 23.7. The van der Waals surface area contributed by atoms with Crippen molar-refractivity contribution in [2.75, 3.05) is 26.3 Å². The van der Waals surface area contributed by atoms with Crippen molar-refractivity contribution in [3.8, 4) is 0 Å². The van der Waals surface area contributed by atoms with E-state index in [1.807, 2.05) is 27.7 Å². The smallest absolute Gasteiger partial charge is 0.308 e. The maximum Gasteiger partial charge on any atom is 0.308 e. The van der Waals surface area contributed by atoms with Crippen LogP contribution in [0.4, 0.5) is 0 Å². The van der Waals surface area contributed by atoms with Crippen molar-refractivity contribution < 1.29 is 23.7 Å². The molecule has 2 aromatic rings. The van der Waals surface area contributed by atoms with Gasteiger partial charge in [-0.1, -0.05) is 74.5 Å². The molecule has 0 N–H and O–H groups in total. The Hall–Kier alpha value is -2.25. The minimum atomic E-state index is -0.724. The first-order valence-electron chi connectivity index (χ1n) is 13.3. The molecule has 2 heterocycles. The fourth-order valence-corrected chi connectivity index (χ4v) is 5.06. The third-order valence-corrected chi connectivity index (χ3v) is 6.66. The molecule has 0 radical (unpaired) electrons. The number of ether oxygens (including phenoxy) is 4. The third kappa shape index (κ3) is 7.62. The Morgan fingerprint density at radius 3 is 2.14 bits per heavy atom. The lowest BCUT2D eigenvalue weighted by Gasteiger charge is -2.45. The lowest BCUT2D eigenvalue weighted by atomic mass is 9.94. The largest absolute Gasteiger partial charge is 0.465 e. The van der Waals surface area contributed by atoms with Crippen molar-refractivity contribution in [2.24, 2.45) is 5.92 Å². The van der Waals surface area contributed by atoms with E-state index in [4.69, 9.17) is 18.9 Å². The fourth-order valence-electron chi connectivity index (χ4n) is 5.06. The molecule has 2 atom stereocenters. The van der Waals surface area contributed by atoms with E-state index < -0.39 is 5.79 Å². The molecule has 196 valence electrons. The SMILES string of the molecule is CC(C)COC(=O)C[C@H]1C[C@@H](CCOC2CN(C(c3ccccc3)c3ccccc3)C2)OC(C)(C)O1. The molecule has 0 bridgehead atoms. The second kappa shape index (κ2) is 12.3. The molecule has 6 heteroatoms. The molecule has 2 saturated heterocycles. The molecule has 6 nitrogen and oxygen atoms in total. The summed E-state index contributed by atoms with van der Waals surface area (Å²) >= 11 is 0. The van der Waals surface area contributed by atoms with Gasteiger partial charge in [-0.25, -0.2) is 0 Å². The summed E-state index contributed by atoms with van der Waals surface area (Å²) in [7, 11) is 0. The summed E-state index contributed by atoms with van der Waals surface area (Å²) in [5.74, 6) is -0.607. The first-order chi connectivity index (χ1) is 17.3. The Morgan fingerprint density at radius 1 is 0.972 bits per heavy atom. The molecule has 0 aliphatic carbocycles. The van der Waals surface area contributed by atoms with Crippen molar-refractivity contribution in [3.63, 3.8) is 0 Å². The summed E-state index contributed by atoms with van der Waals surface area (Å²) in [6, 6.07) is 21.6. The highest BCUT2D eigenvalue weighted by molar-refractivity contribution is 5.70. The topological polar surface area (TPSA) is 57.2 Å². The molecule has 2 aliphatic heterocycles. The predicted molar refractivity (Wildman–Crippen MR) is 140 cm³/mol. The van der Waals surface area contributed by atoms with E-state index in [2.05, 4.69) is 65.6 Å². The summed E-state index contributed by atoms with van der Waals surface area (Å²) in [5, 5.41) is 0. The van der Waals surface area contributed by atoms with Gasteiger partial charge in [0.25, 0.3) is 0 Å². The Bertz CT molecular complexity index is 903. The van der Waals surface area contributed by atoms with E-state index in [-0.39, 0.29) is 36.7 Å². The molecule has 2 aliphatic rings. The van der Waals surface area contributed by atoms with Crippen LogP contribution in [0.3, 0.4) is 0 Å². The molecule has 0 saturated carbocycles. The van der Waals surface area contributed by atoms with Gasteiger partial charge in [-0.05, 0) is 37.3 Å². The number of carbonyl (C=O) groups is 1. The molecule has 4 rings (SSSR count). The number of esters is 1. The van der Waals surface area contributed by atoms with Crippen LogP contribution in [0.1, 0.15) is 64.1 Å². The number of nitrogens with zero attached hydrogens (tertiary/aromatic N) is 1. The van der Waals surface area contributed by atoms with Gasteiger partial charge in [0.05, 0.1) is 37.4 Å². The van der Waals surface area contributed by atoms with E-state index in [1.54, 1.807) is 0 Å². The lowest BCUT2D eigenvalue weighted by Crippen LogP contribution is -2.54. The van der Waals surface area contributed by atoms with E-state index in [0.29, 0.717) is 25.6 Å². The monoisotopic (exact) mass is 495 g/mol. The number of benzene rings is 2. The van der Waals surface area contributed by atoms with Crippen molar-refractivity contribution in [3.05, 3.63) is 71.8 Å². The van der Waals surface area contributed by atoms with Gasteiger partial charge in [-0.3, -0.25) is 9.69 Å². The molecular formula is C30H41NO5. The van der Waals surface area contributed by atoms with E-state index >= 15 is 0 Å². The standard InChI is InChI=1S/C30H41NO5/c1-22(2)21-34-28(32)18-26-17-25(35-30(3,4)36-26)15-16-33-27-19-31(20-27)29(23-11-7-5-8-12-23)24-13-9-6-10-14-24/h5-14,22,25-27,29H,15-21H2,1-4H3/t25-,26-/m1/s1. The van der Waals surface area contributed by atoms with Crippen molar-refractivity contribution in [1.82, 2.24) is 4.90 Å². The fraction of sp³-hybridized carbons (Fsp3) is 0.567.